The molecule has 15 heavy (non-hydrogen) atoms. The maximum absolute atomic E-state index is 5.71. The molecule has 0 aliphatic rings. The van der Waals surface area contributed by atoms with E-state index in [-0.39, 0.29) is 6.15 Å². The Morgan fingerprint density at radius 1 is 0.800 bits per heavy atom. The standard InChI is InChI=1S/C13H13N.H3N/c14-13-8-4-7-12(10-13)9-11-5-2-1-3-6-11;/h1-8,10H,9,14H2;1H3. The number of hydrogen-bond donors (Lipinski definition) is 2. The SMILES string of the molecule is N.Nc1cccc(Cc2ccccc2)c1. The lowest BCUT2D eigenvalue weighted by Crippen LogP contribution is -1.90. The number of anilines is 1. The fourth-order valence-electron chi connectivity index (χ4n) is 1.53. The molecule has 0 fully saturated rings. The van der Waals surface area contributed by atoms with Crippen LogP contribution in [0.4, 0.5) is 5.69 Å². The van der Waals surface area contributed by atoms with E-state index in [9.17, 15) is 0 Å². The third-order valence-corrected chi connectivity index (χ3v) is 2.20. The van der Waals surface area contributed by atoms with Gasteiger partial charge in [0.05, 0.1) is 0 Å². The number of rotatable bonds is 2. The van der Waals surface area contributed by atoms with Gasteiger partial charge in [-0.2, -0.15) is 0 Å². The highest BCUT2D eigenvalue weighted by molar-refractivity contribution is 5.42. The Bertz CT molecular complexity index is 410. The van der Waals surface area contributed by atoms with E-state index in [0.717, 1.165) is 12.1 Å². The Hall–Kier alpha value is -1.80. The Morgan fingerprint density at radius 3 is 2.13 bits per heavy atom. The van der Waals surface area contributed by atoms with E-state index in [2.05, 4.69) is 30.3 Å². The zero-order valence-corrected chi connectivity index (χ0v) is 8.69. The maximum Gasteiger partial charge on any atom is 0.0316 e. The molecule has 0 spiro atoms. The number of nitrogens with two attached hydrogens (primary N) is 1. The normalized spacial score (nSPS) is 9.33. The van der Waals surface area contributed by atoms with Gasteiger partial charge in [0.25, 0.3) is 0 Å². The molecular formula is C13H16N2. The molecule has 0 bridgehead atoms. The third kappa shape index (κ3) is 3.11. The average molecular weight is 200 g/mol. The molecule has 0 saturated carbocycles. The van der Waals surface area contributed by atoms with Crippen molar-refractivity contribution >= 4 is 5.69 Å². The largest absolute Gasteiger partial charge is 0.399 e. The van der Waals surface area contributed by atoms with Crippen molar-refractivity contribution < 1.29 is 0 Å². The summed E-state index contributed by atoms with van der Waals surface area (Å²) in [6, 6.07) is 18.4. The summed E-state index contributed by atoms with van der Waals surface area (Å²) in [5.74, 6) is 0. The van der Waals surface area contributed by atoms with Gasteiger partial charge in [0, 0.05) is 5.69 Å². The Morgan fingerprint density at radius 2 is 1.47 bits per heavy atom. The summed E-state index contributed by atoms with van der Waals surface area (Å²) in [5.41, 5.74) is 9.12. The lowest BCUT2D eigenvalue weighted by Gasteiger charge is -2.02. The number of hydrogen-bond acceptors (Lipinski definition) is 2. The molecule has 0 radical (unpaired) electrons. The number of benzene rings is 2. The van der Waals surface area contributed by atoms with E-state index in [1.807, 2.05) is 24.3 Å². The summed E-state index contributed by atoms with van der Waals surface area (Å²) in [7, 11) is 0. The molecule has 5 N–H and O–H groups in total. The molecule has 0 atom stereocenters. The first-order valence-electron chi connectivity index (χ1n) is 4.73. The Balaban J connectivity index is 0.00000112. The quantitative estimate of drug-likeness (QED) is 0.732. The molecule has 2 aromatic rings. The van der Waals surface area contributed by atoms with Gasteiger partial charge in [0.2, 0.25) is 0 Å². The van der Waals surface area contributed by atoms with E-state index in [4.69, 9.17) is 5.73 Å². The van der Waals surface area contributed by atoms with Crippen LogP contribution in [0, 0.1) is 0 Å². The molecule has 0 heterocycles. The first kappa shape index (κ1) is 11.3. The summed E-state index contributed by atoms with van der Waals surface area (Å²) in [4.78, 5) is 0. The molecule has 0 amide bonds. The van der Waals surface area contributed by atoms with Crippen molar-refractivity contribution in [3.8, 4) is 0 Å². The van der Waals surface area contributed by atoms with Gasteiger partial charge in [-0.3, -0.25) is 0 Å². The topological polar surface area (TPSA) is 61.0 Å². The van der Waals surface area contributed by atoms with Crippen LogP contribution in [0.15, 0.2) is 54.6 Å². The molecule has 0 aliphatic heterocycles. The second kappa shape index (κ2) is 5.17. The van der Waals surface area contributed by atoms with Crippen LogP contribution in [0.5, 0.6) is 0 Å². The molecule has 0 aromatic heterocycles. The molecule has 0 aliphatic carbocycles. The molecule has 0 unspecified atom stereocenters. The van der Waals surface area contributed by atoms with Crippen molar-refractivity contribution in [3.05, 3.63) is 65.7 Å². The summed E-state index contributed by atoms with van der Waals surface area (Å²) in [6.45, 7) is 0. The summed E-state index contributed by atoms with van der Waals surface area (Å²) in [6.07, 6.45) is 0.950. The van der Waals surface area contributed by atoms with Gasteiger partial charge in [-0.1, -0.05) is 42.5 Å². The van der Waals surface area contributed by atoms with Crippen LogP contribution in [0.1, 0.15) is 11.1 Å². The maximum atomic E-state index is 5.71. The predicted molar refractivity (Wildman–Crippen MR) is 65.1 cm³/mol. The fourth-order valence-corrected chi connectivity index (χ4v) is 1.53. The highest BCUT2D eigenvalue weighted by atomic mass is 14.5. The van der Waals surface area contributed by atoms with E-state index < -0.39 is 0 Å². The fraction of sp³-hybridized carbons (Fsp3) is 0.0769. The molecule has 2 nitrogen and oxygen atoms in total. The minimum absolute atomic E-state index is 0. The highest BCUT2D eigenvalue weighted by Crippen LogP contribution is 2.11. The smallest absolute Gasteiger partial charge is 0.0316 e. The Kier molecular flexibility index (Phi) is 3.89. The van der Waals surface area contributed by atoms with Gasteiger partial charge in [-0.15, -0.1) is 0 Å². The van der Waals surface area contributed by atoms with Crippen LogP contribution in [0.2, 0.25) is 0 Å². The van der Waals surface area contributed by atoms with E-state index >= 15 is 0 Å². The van der Waals surface area contributed by atoms with Gasteiger partial charge < -0.3 is 11.9 Å². The summed E-state index contributed by atoms with van der Waals surface area (Å²) in [5, 5.41) is 0. The molecule has 0 saturated heterocycles. The van der Waals surface area contributed by atoms with Crippen LogP contribution in [0.3, 0.4) is 0 Å². The zero-order valence-electron chi connectivity index (χ0n) is 8.69. The van der Waals surface area contributed by atoms with Gasteiger partial charge in [0.15, 0.2) is 0 Å². The van der Waals surface area contributed by atoms with Crippen molar-refractivity contribution in [2.24, 2.45) is 0 Å². The first-order valence-corrected chi connectivity index (χ1v) is 4.73. The van der Waals surface area contributed by atoms with Gasteiger partial charge in [0.1, 0.15) is 0 Å². The molecule has 2 heteroatoms. The van der Waals surface area contributed by atoms with Crippen LogP contribution in [0.25, 0.3) is 0 Å². The van der Waals surface area contributed by atoms with Crippen LogP contribution < -0.4 is 11.9 Å². The van der Waals surface area contributed by atoms with Crippen molar-refractivity contribution in [1.82, 2.24) is 6.15 Å². The second-order valence-corrected chi connectivity index (χ2v) is 3.41. The molecule has 2 rings (SSSR count). The molecular weight excluding hydrogens is 184 g/mol. The van der Waals surface area contributed by atoms with E-state index in [1.54, 1.807) is 0 Å². The van der Waals surface area contributed by atoms with Crippen molar-refractivity contribution in [2.75, 3.05) is 5.73 Å². The van der Waals surface area contributed by atoms with Gasteiger partial charge in [-0.05, 0) is 29.7 Å². The zero-order chi connectivity index (χ0) is 9.80. The average Bonchev–Trinajstić information content (AvgIpc) is 2.19. The van der Waals surface area contributed by atoms with Crippen LogP contribution in [-0.4, -0.2) is 0 Å². The van der Waals surface area contributed by atoms with E-state index in [0.29, 0.717) is 0 Å². The highest BCUT2D eigenvalue weighted by Gasteiger charge is 1.95. The third-order valence-electron chi connectivity index (χ3n) is 2.20. The first-order chi connectivity index (χ1) is 6.84. The second-order valence-electron chi connectivity index (χ2n) is 3.41. The van der Waals surface area contributed by atoms with Crippen molar-refractivity contribution in [2.45, 2.75) is 6.42 Å². The number of nitrogen functional groups attached to an aromatic ring is 1. The molecule has 2 aromatic carbocycles. The lowest BCUT2D eigenvalue weighted by molar-refractivity contribution is 1.19. The van der Waals surface area contributed by atoms with E-state index in [1.165, 1.54) is 11.1 Å². The minimum Gasteiger partial charge on any atom is -0.399 e. The lowest BCUT2D eigenvalue weighted by atomic mass is 10.0. The van der Waals surface area contributed by atoms with Crippen LogP contribution in [-0.2, 0) is 6.42 Å². The van der Waals surface area contributed by atoms with Crippen molar-refractivity contribution in [1.29, 1.82) is 0 Å². The predicted octanol–water partition coefficient (Wildman–Crippen LogP) is 3.02. The molecule has 78 valence electrons. The van der Waals surface area contributed by atoms with Crippen LogP contribution >= 0.6 is 0 Å². The summed E-state index contributed by atoms with van der Waals surface area (Å²) < 4.78 is 0. The monoisotopic (exact) mass is 200 g/mol. The van der Waals surface area contributed by atoms with Gasteiger partial charge >= 0.3 is 0 Å². The minimum atomic E-state index is 0. The van der Waals surface area contributed by atoms with Crippen molar-refractivity contribution in [3.63, 3.8) is 0 Å². The Labute approximate surface area is 90.3 Å². The summed E-state index contributed by atoms with van der Waals surface area (Å²) >= 11 is 0. The van der Waals surface area contributed by atoms with Gasteiger partial charge in [-0.25, -0.2) is 0 Å².